The number of benzene rings is 2. The Labute approximate surface area is 171 Å². The Balaban J connectivity index is 1.60. The number of nitrogens with zero attached hydrogens (tertiary/aromatic N) is 2. The van der Waals surface area contributed by atoms with E-state index in [4.69, 9.17) is 16.1 Å². The van der Waals surface area contributed by atoms with Gasteiger partial charge in [0.15, 0.2) is 5.82 Å². The first-order chi connectivity index (χ1) is 13.7. The van der Waals surface area contributed by atoms with Gasteiger partial charge in [0.2, 0.25) is 5.89 Å². The summed E-state index contributed by atoms with van der Waals surface area (Å²) < 4.78 is 45.3. The lowest BCUT2D eigenvalue weighted by atomic mass is 10.2. The predicted molar refractivity (Wildman–Crippen MR) is 104 cm³/mol. The van der Waals surface area contributed by atoms with Crippen LogP contribution in [0.1, 0.15) is 22.1 Å². The van der Waals surface area contributed by atoms with E-state index < -0.39 is 15.8 Å². The van der Waals surface area contributed by atoms with E-state index in [0.717, 1.165) is 18.2 Å². The second-order valence-electron chi connectivity index (χ2n) is 6.00. The summed E-state index contributed by atoms with van der Waals surface area (Å²) in [4.78, 5) is 16.0. The summed E-state index contributed by atoms with van der Waals surface area (Å²) >= 11 is 5.64. The third kappa shape index (κ3) is 5.30. The molecule has 0 saturated heterocycles. The molecule has 0 spiro atoms. The van der Waals surface area contributed by atoms with Gasteiger partial charge in [0.25, 0.3) is 15.9 Å². The summed E-state index contributed by atoms with van der Waals surface area (Å²) in [5.41, 5.74) is 0.586. The number of carbonyl (C=O) groups excluding carboxylic acids is 1. The summed E-state index contributed by atoms with van der Waals surface area (Å²) in [5, 5.41) is 6.07. The Kier molecular flexibility index (Phi) is 6.14. The first kappa shape index (κ1) is 20.7. The van der Waals surface area contributed by atoms with E-state index in [2.05, 4.69) is 20.2 Å². The second-order valence-corrected chi connectivity index (χ2v) is 8.09. The lowest BCUT2D eigenvalue weighted by Crippen LogP contribution is -2.25. The van der Waals surface area contributed by atoms with Gasteiger partial charge >= 0.3 is 0 Å². The smallest absolute Gasteiger partial charge is 0.261 e. The third-order valence-corrected chi connectivity index (χ3v) is 5.46. The van der Waals surface area contributed by atoms with E-state index >= 15 is 0 Å². The number of hydrogen-bond donors (Lipinski definition) is 2. The number of nitrogens with one attached hydrogen (secondary N) is 2. The van der Waals surface area contributed by atoms with E-state index in [1.54, 1.807) is 6.92 Å². The molecule has 2 N–H and O–H groups in total. The van der Waals surface area contributed by atoms with Gasteiger partial charge in [-0.2, -0.15) is 4.98 Å². The maximum Gasteiger partial charge on any atom is 0.261 e. The fourth-order valence-corrected chi connectivity index (χ4v) is 3.70. The summed E-state index contributed by atoms with van der Waals surface area (Å²) in [6.45, 7) is 2.01. The predicted octanol–water partition coefficient (Wildman–Crippen LogP) is 2.94. The minimum absolute atomic E-state index is 0.179. The highest BCUT2D eigenvalue weighted by molar-refractivity contribution is 7.92. The topological polar surface area (TPSA) is 114 Å². The Bertz CT molecular complexity index is 1130. The van der Waals surface area contributed by atoms with Crippen molar-refractivity contribution in [2.24, 2.45) is 0 Å². The van der Waals surface area contributed by atoms with Gasteiger partial charge in [-0.15, -0.1) is 0 Å². The van der Waals surface area contributed by atoms with Crippen LogP contribution in [0.5, 0.6) is 0 Å². The zero-order valence-corrected chi connectivity index (χ0v) is 16.7. The van der Waals surface area contributed by atoms with Crippen molar-refractivity contribution in [3.05, 3.63) is 70.6 Å². The fourth-order valence-electron chi connectivity index (χ4n) is 2.37. The lowest BCUT2D eigenvalue weighted by molar-refractivity contribution is 0.0953. The first-order valence-corrected chi connectivity index (χ1v) is 10.3. The molecule has 0 saturated carbocycles. The average Bonchev–Trinajstić information content (AvgIpc) is 3.09. The molecule has 0 fully saturated rings. The number of hydrogen-bond acceptors (Lipinski definition) is 6. The molecule has 1 amide bonds. The average molecular weight is 439 g/mol. The van der Waals surface area contributed by atoms with Crippen LogP contribution < -0.4 is 10.0 Å². The van der Waals surface area contributed by atoms with Crippen LogP contribution in [-0.4, -0.2) is 31.0 Å². The number of amides is 1. The van der Waals surface area contributed by atoms with Crippen LogP contribution in [-0.2, 0) is 16.4 Å². The second kappa shape index (κ2) is 8.58. The Hall–Kier alpha value is -2.98. The molecule has 0 aliphatic rings. The minimum atomic E-state index is -3.95. The van der Waals surface area contributed by atoms with Gasteiger partial charge in [-0.25, -0.2) is 12.8 Å². The Morgan fingerprint density at radius 3 is 2.55 bits per heavy atom. The molecule has 1 heterocycles. The third-order valence-electron chi connectivity index (χ3n) is 3.79. The van der Waals surface area contributed by atoms with Gasteiger partial charge in [-0.3, -0.25) is 9.52 Å². The van der Waals surface area contributed by atoms with Crippen molar-refractivity contribution in [1.82, 2.24) is 15.5 Å². The molecular formula is C18H16ClFN4O4S. The normalized spacial score (nSPS) is 11.3. The van der Waals surface area contributed by atoms with Crippen LogP contribution >= 0.6 is 11.6 Å². The van der Waals surface area contributed by atoms with Gasteiger partial charge in [-0.05, 0) is 49.4 Å². The van der Waals surface area contributed by atoms with Crippen molar-refractivity contribution >= 4 is 33.2 Å². The molecule has 1 aromatic heterocycles. The van der Waals surface area contributed by atoms with Gasteiger partial charge in [-0.1, -0.05) is 16.8 Å². The molecule has 152 valence electrons. The molecule has 0 aliphatic carbocycles. The van der Waals surface area contributed by atoms with E-state index in [9.17, 15) is 17.6 Å². The maximum atomic E-state index is 13.2. The maximum absolute atomic E-state index is 13.2. The number of aryl methyl sites for hydroxylation is 1. The molecule has 0 unspecified atom stereocenters. The molecule has 0 aliphatic heterocycles. The molecule has 3 aromatic rings. The summed E-state index contributed by atoms with van der Waals surface area (Å²) in [5.74, 6) is -0.100. The molecule has 0 bridgehead atoms. The molecule has 8 nitrogen and oxygen atoms in total. The largest absolute Gasteiger partial charge is 0.352 e. The molecular weight excluding hydrogens is 423 g/mol. The van der Waals surface area contributed by atoms with E-state index in [0.29, 0.717) is 30.2 Å². The van der Waals surface area contributed by atoms with Crippen molar-refractivity contribution in [2.75, 3.05) is 11.3 Å². The number of halogens is 2. The van der Waals surface area contributed by atoms with Gasteiger partial charge in [0, 0.05) is 24.2 Å². The zero-order valence-electron chi connectivity index (χ0n) is 15.1. The molecule has 11 heteroatoms. The SMILES string of the molecule is Cc1noc(CCNC(=O)c2ccc(NS(=O)(=O)c3ccc(F)c(Cl)c3)cc2)n1. The summed E-state index contributed by atoms with van der Waals surface area (Å²) in [6.07, 6.45) is 0.394. The highest BCUT2D eigenvalue weighted by Crippen LogP contribution is 2.22. The molecule has 3 rings (SSSR count). The van der Waals surface area contributed by atoms with Gasteiger partial charge in [0.1, 0.15) is 5.82 Å². The van der Waals surface area contributed by atoms with Crippen LogP contribution in [0.15, 0.2) is 51.9 Å². The number of aromatic nitrogens is 2. The van der Waals surface area contributed by atoms with Crippen LogP contribution in [0, 0.1) is 12.7 Å². The summed E-state index contributed by atoms with van der Waals surface area (Å²) in [6, 6.07) is 8.93. The number of rotatable bonds is 7. The minimum Gasteiger partial charge on any atom is -0.352 e. The molecule has 0 radical (unpaired) electrons. The highest BCUT2D eigenvalue weighted by Gasteiger charge is 2.16. The monoisotopic (exact) mass is 438 g/mol. The van der Waals surface area contributed by atoms with Crippen LogP contribution in [0.2, 0.25) is 5.02 Å². The standard InChI is InChI=1S/C18H16ClFN4O4S/c1-11-22-17(28-23-11)8-9-21-18(25)12-2-4-13(5-3-12)24-29(26,27)14-6-7-16(20)15(19)10-14/h2-7,10,24H,8-9H2,1H3,(H,21,25). The van der Waals surface area contributed by atoms with Crippen molar-refractivity contribution in [3.8, 4) is 0 Å². The first-order valence-electron chi connectivity index (χ1n) is 8.40. The Morgan fingerprint density at radius 1 is 1.21 bits per heavy atom. The van der Waals surface area contributed by atoms with E-state index in [1.165, 1.54) is 24.3 Å². The highest BCUT2D eigenvalue weighted by atomic mass is 35.5. The van der Waals surface area contributed by atoms with Crippen molar-refractivity contribution in [1.29, 1.82) is 0 Å². The van der Waals surface area contributed by atoms with Crippen LogP contribution in [0.25, 0.3) is 0 Å². The quantitative estimate of drug-likeness (QED) is 0.586. The van der Waals surface area contributed by atoms with Gasteiger partial charge in [0.05, 0.1) is 9.92 Å². The number of sulfonamides is 1. The van der Waals surface area contributed by atoms with E-state index in [-0.39, 0.29) is 21.5 Å². The van der Waals surface area contributed by atoms with E-state index in [1.807, 2.05) is 0 Å². The lowest BCUT2D eigenvalue weighted by Gasteiger charge is -2.09. The van der Waals surface area contributed by atoms with Crippen LogP contribution in [0.4, 0.5) is 10.1 Å². The molecule has 2 aromatic carbocycles. The number of anilines is 1. The zero-order chi connectivity index (χ0) is 21.0. The fraction of sp³-hybridized carbons (Fsp3) is 0.167. The molecule has 29 heavy (non-hydrogen) atoms. The Morgan fingerprint density at radius 2 is 1.93 bits per heavy atom. The van der Waals surface area contributed by atoms with Crippen molar-refractivity contribution in [2.45, 2.75) is 18.2 Å². The number of carbonyl (C=O) groups is 1. The molecule has 0 atom stereocenters. The van der Waals surface area contributed by atoms with Gasteiger partial charge < -0.3 is 9.84 Å². The van der Waals surface area contributed by atoms with Crippen molar-refractivity contribution < 1.29 is 22.1 Å². The summed E-state index contributed by atoms with van der Waals surface area (Å²) in [7, 11) is -3.95. The van der Waals surface area contributed by atoms with Crippen LogP contribution in [0.3, 0.4) is 0 Å². The van der Waals surface area contributed by atoms with Crippen molar-refractivity contribution in [3.63, 3.8) is 0 Å².